The summed E-state index contributed by atoms with van der Waals surface area (Å²) in [6.07, 6.45) is 1.01. The number of aliphatic hydroxyl groups excluding tert-OH is 1. The summed E-state index contributed by atoms with van der Waals surface area (Å²) in [5.74, 6) is -5.02. The van der Waals surface area contributed by atoms with Crippen LogP contribution in [-0.2, 0) is 38.1 Å². The minimum Gasteiger partial charge on any atom is -0.459 e. The number of carbonyl (C=O) groups excluding carboxylic acids is 3. The van der Waals surface area contributed by atoms with Gasteiger partial charge >= 0.3 is 5.97 Å². The number of likely N-dealkylation sites (N-methyl/N-ethyl adjacent to an activating group) is 1. The van der Waals surface area contributed by atoms with E-state index in [2.05, 4.69) is 30.7 Å². The van der Waals surface area contributed by atoms with Gasteiger partial charge in [-0.15, -0.1) is 0 Å². The first-order chi connectivity index (χ1) is 27.0. The number of aliphatic imine (C=N–C) groups is 1. The fourth-order valence-electron chi connectivity index (χ4n) is 8.90. The number of ether oxygens (including phenoxy) is 5. The van der Waals surface area contributed by atoms with Crippen molar-refractivity contribution in [2.45, 2.75) is 162 Å². The lowest BCUT2D eigenvalue weighted by atomic mass is 9.73. The number of hydrogen-bond acceptors (Lipinski definition) is 11. The highest BCUT2D eigenvalue weighted by molar-refractivity contribution is 6.00. The second kappa shape index (κ2) is 19.5. The number of nitrogens with zero attached hydrogens (tertiary/aromatic N) is 2. The van der Waals surface area contributed by atoms with E-state index in [0.29, 0.717) is 17.7 Å². The Morgan fingerprint density at radius 3 is 2.31 bits per heavy atom. The summed E-state index contributed by atoms with van der Waals surface area (Å²) in [6.45, 7) is 21.8. The van der Waals surface area contributed by atoms with Gasteiger partial charge in [-0.05, 0) is 91.8 Å². The number of carbonyl (C=O) groups is 3. The molecule has 0 saturated carbocycles. The molecule has 0 radical (unpaired) electrons. The molecular formula is C46H70N2O10. The molecule has 12 heteroatoms. The van der Waals surface area contributed by atoms with Crippen LogP contribution in [0.3, 0.4) is 0 Å². The number of aliphatic hydroxyl groups is 2. The average molecular weight is 811 g/mol. The van der Waals surface area contributed by atoms with Crippen LogP contribution in [0.5, 0.6) is 0 Å². The molecule has 324 valence electrons. The van der Waals surface area contributed by atoms with Crippen molar-refractivity contribution in [3.8, 4) is 0 Å². The van der Waals surface area contributed by atoms with Crippen LogP contribution in [0.15, 0.2) is 53.0 Å². The van der Waals surface area contributed by atoms with Crippen LogP contribution in [0.4, 0.5) is 0 Å². The molecule has 3 aliphatic rings. The molecule has 3 fully saturated rings. The number of rotatable bonds is 6. The Hall–Kier alpha value is -3.10. The number of fused-ring (bicyclic) bond motifs is 5. The molecule has 3 heterocycles. The zero-order valence-electron chi connectivity index (χ0n) is 37.1. The second-order valence-electron chi connectivity index (χ2n) is 18.3. The maximum Gasteiger partial charge on any atom is 0.316 e. The largest absolute Gasteiger partial charge is 0.459 e. The normalized spacial score (nSPS) is 39.0. The Balaban J connectivity index is 1.97. The highest BCUT2D eigenvalue weighted by atomic mass is 16.7. The fraction of sp³-hybridized carbons (Fsp3) is 0.696. The zero-order valence-corrected chi connectivity index (χ0v) is 37.1. The summed E-state index contributed by atoms with van der Waals surface area (Å²) in [5.41, 5.74) is -1.21. The molecule has 3 saturated heterocycles. The second-order valence-corrected chi connectivity index (χ2v) is 18.3. The van der Waals surface area contributed by atoms with Gasteiger partial charge in [0.25, 0.3) is 0 Å². The van der Waals surface area contributed by atoms with E-state index in [1.54, 1.807) is 20.8 Å². The van der Waals surface area contributed by atoms with Crippen LogP contribution in [0.2, 0.25) is 0 Å². The van der Waals surface area contributed by atoms with E-state index in [4.69, 9.17) is 23.7 Å². The lowest BCUT2D eigenvalue weighted by molar-refractivity contribution is -0.299. The Morgan fingerprint density at radius 2 is 1.71 bits per heavy atom. The molecule has 2 N–H and O–H groups in total. The highest BCUT2D eigenvalue weighted by Crippen LogP contribution is 2.41. The number of esters is 1. The minimum atomic E-state index is -1.78. The van der Waals surface area contributed by atoms with Gasteiger partial charge in [0.15, 0.2) is 12.1 Å². The monoisotopic (exact) mass is 811 g/mol. The predicted molar refractivity (Wildman–Crippen MR) is 224 cm³/mol. The first-order valence-corrected chi connectivity index (χ1v) is 21.0. The number of cyclic esters (lactones) is 1. The summed E-state index contributed by atoms with van der Waals surface area (Å²) in [5, 5.41) is 24.4. The Labute approximate surface area is 346 Å². The average Bonchev–Trinajstić information content (AvgIpc) is 3.17. The Kier molecular flexibility index (Phi) is 16.0. The topological polar surface area (TPSA) is 153 Å². The smallest absolute Gasteiger partial charge is 0.316 e. The lowest BCUT2D eigenvalue weighted by Gasteiger charge is -2.49. The van der Waals surface area contributed by atoms with Crippen LogP contribution in [-0.4, -0.2) is 118 Å². The molecule has 1 amide bonds. The summed E-state index contributed by atoms with van der Waals surface area (Å²) in [7, 11) is 1.97. The molecule has 2 bridgehead atoms. The summed E-state index contributed by atoms with van der Waals surface area (Å²) < 4.78 is 33.0. The molecule has 1 aromatic carbocycles. The molecule has 58 heavy (non-hydrogen) atoms. The molecule has 13 atom stereocenters. The third kappa shape index (κ3) is 11.2. The van der Waals surface area contributed by atoms with Crippen molar-refractivity contribution in [3.05, 3.63) is 53.6 Å². The number of hydrogen-bond donors (Lipinski definition) is 2. The molecule has 0 aromatic heterocycles. The fourth-order valence-corrected chi connectivity index (χ4v) is 8.90. The Bertz CT molecular complexity index is 1670. The van der Waals surface area contributed by atoms with Crippen LogP contribution in [0, 0.1) is 23.7 Å². The predicted octanol–water partition coefficient (Wildman–Crippen LogP) is 6.36. The van der Waals surface area contributed by atoms with E-state index in [1.807, 2.05) is 83.3 Å². The summed E-state index contributed by atoms with van der Waals surface area (Å²) >= 11 is 0. The highest BCUT2D eigenvalue weighted by Gasteiger charge is 2.53. The molecule has 12 nitrogen and oxygen atoms in total. The van der Waals surface area contributed by atoms with Gasteiger partial charge in [-0.25, -0.2) is 4.99 Å². The van der Waals surface area contributed by atoms with Gasteiger partial charge in [0, 0.05) is 36.1 Å². The maximum atomic E-state index is 14.6. The van der Waals surface area contributed by atoms with E-state index in [9.17, 15) is 24.6 Å². The maximum absolute atomic E-state index is 14.6. The van der Waals surface area contributed by atoms with E-state index in [-0.39, 0.29) is 43.7 Å². The van der Waals surface area contributed by atoms with Gasteiger partial charge in [0.1, 0.15) is 23.7 Å². The minimum absolute atomic E-state index is 0.00563. The third-order valence-corrected chi connectivity index (χ3v) is 12.5. The number of Topliss-reactive ketones (excluding diaryl/α,β-unsaturated/α-hetero) is 1. The summed E-state index contributed by atoms with van der Waals surface area (Å²) in [6, 6.07) is 9.51. The van der Waals surface area contributed by atoms with Crippen molar-refractivity contribution in [3.63, 3.8) is 0 Å². The quantitative estimate of drug-likeness (QED) is 0.244. The standard InChI is InChI=1S/C46H70N2O10/c1-14-36-46(12,53)41-29(4)37(47-32(7)49)27(2)24-45(11,55-26-34(25-54-41)22-18-21-33-19-16-15-17-20-33)40(30(5)38(50)31(6)42(52)57-36)58-43-39(51)35(23-28(3)56-43)48(13)44(8,9)10/h15-22,27-31,35-36,39-41,43,51,53H,14,23-26H2,1-13H3/b21-18+,34-22+,47-37?/t27-,28-,29+,30+,31-,35+,36-,39-,40-,41-,43+,45-,46-/m1/s1. The van der Waals surface area contributed by atoms with Crippen LogP contribution in [0.25, 0.3) is 6.08 Å². The molecular weight excluding hydrogens is 741 g/mol. The lowest BCUT2D eigenvalue weighted by Crippen LogP contribution is -2.62. The van der Waals surface area contributed by atoms with Crippen LogP contribution >= 0.6 is 0 Å². The molecule has 1 aromatic rings. The van der Waals surface area contributed by atoms with E-state index in [1.165, 1.54) is 13.8 Å². The van der Waals surface area contributed by atoms with Gasteiger partial charge in [-0.1, -0.05) is 76.3 Å². The van der Waals surface area contributed by atoms with E-state index < -0.39 is 83.2 Å². The SMILES string of the molecule is CC[C@H]1OC(=O)[C@H](C)C(=O)[C@H](C)[C@@H](O[C@@H]2O[C@H](C)C[C@H](N(C)C(C)(C)C)[C@H]2O)[C@@]2(C)C[C@@H](C)C(=NC(C)=O)[C@H](C)[C@@H](OC/C(=C\C=C\c3ccccc3)CO2)[C@]1(C)O. The van der Waals surface area contributed by atoms with Crippen molar-refractivity contribution in [1.82, 2.24) is 4.90 Å². The van der Waals surface area contributed by atoms with E-state index >= 15 is 0 Å². The molecule has 4 rings (SSSR count). The van der Waals surface area contributed by atoms with Crippen LogP contribution < -0.4 is 0 Å². The van der Waals surface area contributed by atoms with Crippen molar-refractivity contribution < 1.29 is 48.3 Å². The van der Waals surface area contributed by atoms with Crippen LogP contribution in [0.1, 0.15) is 108 Å². The third-order valence-electron chi connectivity index (χ3n) is 12.5. The number of amides is 1. The van der Waals surface area contributed by atoms with Crippen molar-refractivity contribution in [2.75, 3.05) is 20.3 Å². The summed E-state index contributed by atoms with van der Waals surface area (Å²) in [4.78, 5) is 48.0. The molecule has 0 aliphatic carbocycles. The van der Waals surface area contributed by atoms with Crippen molar-refractivity contribution in [1.29, 1.82) is 0 Å². The zero-order chi connectivity index (χ0) is 43.3. The van der Waals surface area contributed by atoms with Gasteiger partial charge in [0.2, 0.25) is 5.91 Å². The van der Waals surface area contributed by atoms with Crippen molar-refractivity contribution in [2.24, 2.45) is 28.7 Å². The van der Waals surface area contributed by atoms with Gasteiger partial charge in [0.05, 0.1) is 37.1 Å². The van der Waals surface area contributed by atoms with Gasteiger partial charge < -0.3 is 33.9 Å². The van der Waals surface area contributed by atoms with Gasteiger partial charge in [-0.2, -0.15) is 0 Å². The first kappa shape index (κ1) is 47.6. The first-order valence-electron chi connectivity index (χ1n) is 21.0. The Morgan fingerprint density at radius 1 is 1.05 bits per heavy atom. The molecule has 0 unspecified atom stereocenters. The van der Waals surface area contributed by atoms with E-state index in [0.717, 1.165) is 5.56 Å². The number of allylic oxidation sites excluding steroid dienone is 2. The number of ketones is 1. The molecule has 0 spiro atoms. The van der Waals surface area contributed by atoms with Gasteiger partial charge in [-0.3, -0.25) is 19.3 Å². The number of benzene rings is 1. The van der Waals surface area contributed by atoms with Crippen molar-refractivity contribution >= 4 is 29.4 Å². The molecule has 3 aliphatic heterocycles.